The van der Waals surface area contributed by atoms with Crippen LogP contribution in [-0.4, -0.2) is 36.9 Å². The highest BCUT2D eigenvalue weighted by molar-refractivity contribution is 5.25. The zero-order valence-electron chi connectivity index (χ0n) is 11.8. The predicted octanol–water partition coefficient (Wildman–Crippen LogP) is 1.95. The van der Waals surface area contributed by atoms with E-state index < -0.39 is 17.3 Å². The summed E-state index contributed by atoms with van der Waals surface area (Å²) in [4.78, 5) is 0. The average Bonchev–Trinajstić information content (AvgIpc) is 2.44. The molecule has 0 aromatic heterocycles. The largest absolute Gasteiger partial charge is 0.416 e. The fraction of sp³-hybridized carbons (Fsp3) is 0.600. The summed E-state index contributed by atoms with van der Waals surface area (Å²) in [6, 6.07) is 5.37. The average molecular weight is 302 g/mol. The predicted molar refractivity (Wildman–Crippen MR) is 75.1 cm³/mol. The number of hydrogen-bond donors (Lipinski definition) is 3. The highest BCUT2D eigenvalue weighted by Gasteiger charge is 2.30. The summed E-state index contributed by atoms with van der Waals surface area (Å²) in [7, 11) is 0. The Morgan fingerprint density at radius 1 is 1.33 bits per heavy atom. The zero-order chi connectivity index (χ0) is 15.3. The van der Waals surface area contributed by atoms with E-state index in [1.165, 1.54) is 12.1 Å². The van der Waals surface area contributed by atoms with E-state index in [-0.39, 0.29) is 0 Å². The summed E-state index contributed by atoms with van der Waals surface area (Å²) in [6.07, 6.45) is -2.11. The summed E-state index contributed by atoms with van der Waals surface area (Å²) in [6.45, 7) is 2.48. The van der Waals surface area contributed by atoms with Crippen molar-refractivity contribution in [2.24, 2.45) is 0 Å². The summed E-state index contributed by atoms with van der Waals surface area (Å²) >= 11 is 0. The Morgan fingerprint density at radius 3 is 2.81 bits per heavy atom. The van der Waals surface area contributed by atoms with Gasteiger partial charge in [-0.1, -0.05) is 18.2 Å². The topological polar surface area (TPSA) is 44.3 Å². The molecule has 1 aliphatic rings. The Morgan fingerprint density at radius 2 is 2.14 bits per heavy atom. The van der Waals surface area contributed by atoms with Crippen LogP contribution in [0.5, 0.6) is 0 Å². The molecule has 1 unspecified atom stereocenters. The summed E-state index contributed by atoms with van der Waals surface area (Å²) < 4.78 is 37.8. The van der Waals surface area contributed by atoms with Crippen molar-refractivity contribution in [1.29, 1.82) is 0 Å². The van der Waals surface area contributed by atoms with E-state index in [0.29, 0.717) is 31.6 Å². The van der Waals surface area contributed by atoms with Crippen LogP contribution >= 0.6 is 0 Å². The quantitative estimate of drug-likeness (QED) is 0.729. The first-order chi connectivity index (χ1) is 9.89. The maximum absolute atomic E-state index is 12.6. The van der Waals surface area contributed by atoms with E-state index in [0.717, 1.165) is 25.5 Å². The van der Waals surface area contributed by atoms with E-state index in [1.807, 2.05) is 0 Å². The third-order valence-electron chi connectivity index (χ3n) is 3.75. The zero-order valence-corrected chi connectivity index (χ0v) is 11.8. The molecule has 0 saturated carbocycles. The number of piperidine rings is 1. The Hall–Kier alpha value is -1.11. The molecule has 1 heterocycles. The van der Waals surface area contributed by atoms with Crippen molar-refractivity contribution in [2.45, 2.75) is 31.0 Å². The van der Waals surface area contributed by atoms with E-state index in [1.54, 1.807) is 6.07 Å². The number of halogens is 3. The van der Waals surface area contributed by atoms with Gasteiger partial charge in [0, 0.05) is 13.1 Å². The molecule has 118 valence electrons. The van der Waals surface area contributed by atoms with Crippen molar-refractivity contribution in [2.75, 3.05) is 26.2 Å². The minimum atomic E-state index is -4.30. The van der Waals surface area contributed by atoms with Crippen LogP contribution < -0.4 is 10.6 Å². The molecule has 1 aromatic carbocycles. The van der Waals surface area contributed by atoms with Gasteiger partial charge < -0.3 is 15.7 Å². The third kappa shape index (κ3) is 4.98. The third-order valence-corrected chi connectivity index (χ3v) is 3.75. The standard InChI is InChI=1S/C15H21F3N2O/c16-15(17,18)13-4-1-3-12(9-13)5-8-20-11-14(21)6-2-7-19-10-14/h1,3-4,9,19-21H,2,5-8,10-11H2. The minimum absolute atomic E-state index is 0.457. The summed E-state index contributed by atoms with van der Waals surface area (Å²) in [5, 5.41) is 16.5. The molecule has 21 heavy (non-hydrogen) atoms. The van der Waals surface area contributed by atoms with Crippen molar-refractivity contribution in [3.8, 4) is 0 Å². The van der Waals surface area contributed by atoms with E-state index in [4.69, 9.17) is 0 Å². The number of aliphatic hydroxyl groups is 1. The Labute approximate surface area is 122 Å². The van der Waals surface area contributed by atoms with Gasteiger partial charge in [-0.3, -0.25) is 0 Å². The molecule has 3 nitrogen and oxygen atoms in total. The number of benzene rings is 1. The molecule has 3 N–H and O–H groups in total. The lowest BCUT2D eigenvalue weighted by Gasteiger charge is -2.32. The van der Waals surface area contributed by atoms with Crippen molar-refractivity contribution in [3.05, 3.63) is 35.4 Å². The molecule has 0 spiro atoms. The van der Waals surface area contributed by atoms with Gasteiger partial charge in [-0.2, -0.15) is 13.2 Å². The summed E-state index contributed by atoms with van der Waals surface area (Å²) in [5.41, 5.74) is -0.715. The molecule has 0 radical (unpaired) electrons. The van der Waals surface area contributed by atoms with Gasteiger partial charge in [-0.05, 0) is 44.0 Å². The van der Waals surface area contributed by atoms with Gasteiger partial charge in [-0.25, -0.2) is 0 Å². The number of nitrogens with one attached hydrogen (secondary N) is 2. The van der Waals surface area contributed by atoms with Crippen LogP contribution in [0.3, 0.4) is 0 Å². The maximum Gasteiger partial charge on any atom is 0.416 e. The number of hydrogen-bond acceptors (Lipinski definition) is 3. The SMILES string of the molecule is OC1(CNCCc2cccc(C(F)(F)F)c2)CCCNC1. The van der Waals surface area contributed by atoms with Crippen molar-refractivity contribution >= 4 is 0 Å². The molecule has 1 saturated heterocycles. The second-order valence-corrected chi connectivity index (χ2v) is 5.63. The Bertz CT molecular complexity index is 456. The first kappa shape index (κ1) is 16.3. The van der Waals surface area contributed by atoms with Crippen molar-refractivity contribution < 1.29 is 18.3 Å². The Balaban J connectivity index is 1.78. The molecular formula is C15H21F3N2O. The first-order valence-corrected chi connectivity index (χ1v) is 7.19. The number of β-amino-alcohol motifs (C(OH)–C–C–N with tert-alkyl or cyclic N) is 1. The molecule has 6 heteroatoms. The smallest absolute Gasteiger partial charge is 0.387 e. The fourth-order valence-corrected chi connectivity index (χ4v) is 2.56. The number of alkyl halides is 3. The van der Waals surface area contributed by atoms with Crippen molar-refractivity contribution in [1.82, 2.24) is 10.6 Å². The van der Waals surface area contributed by atoms with Crippen LogP contribution in [0.2, 0.25) is 0 Å². The summed E-state index contributed by atoms with van der Waals surface area (Å²) in [5.74, 6) is 0. The maximum atomic E-state index is 12.6. The van der Waals surface area contributed by atoms with E-state index in [2.05, 4.69) is 10.6 Å². The highest BCUT2D eigenvalue weighted by Crippen LogP contribution is 2.29. The van der Waals surface area contributed by atoms with Crippen LogP contribution in [-0.2, 0) is 12.6 Å². The Kier molecular flexibility index (Phi) is 5.24. The van der Waals surface area contributed by atoms with Crippen LogP contribution in [0, 0.1) is 0 Å². The highest BCUT2D eigenvalue weighted by atomic mass is 19.4. The lowest BCUT2D eigenvalue weighted by atomic mass is 9.94. The molecule has 1 aromatic rings. The molecule has 0 aliphatic carbocycles. The van der Waals surface area contributed by atoms with E-state index in [9.17, 15) is 18.3 Å². The van der Waals surface area contributed by atoms with Gasteiger partial charge in [-0.15, -0.1) is 0 Å². The molecular weight excluding hydrogens is 281 g/mol. The molecule has 1 atom stereocenters. The van der Waals surface area contributed by atoms with Crippen LogP contribution in [0.1, 0.15) is 24.0 Å². The van der Waals surface area contributed by atoms with E-state index >= 15 is 0 Å². The van der Waals surface area contributed by atoms with Gasteiger partial charge in [0.25, 0.3) is 0 Å². The monoisotopic (exact) mass is 302 g/mol. The van der Waals surface area contributed by atoms with Gasteiger partial charge in [0.15, 0.2) is 0 Å². The van der Waals surface area contributed by atoms with Crippen LogP contribution in [0.25, 0.3) is 0 Å². The van der Waals surface area contributed by atoms with Gasteiger partial charge in [0.2, 0.25) is 0 Å². The first-order valence-electron chi connectivity index (χ1n) is 7.19. The molecule has 1 aliphatic heterocycles. The van der Waals surface area contributed by atoms with Gasteiger partial charge in [0.05, 0.1) is 11.2 Å². The molecule has 0 amide bonds. The normalized spacial score (nSPS) is 23.2. The fourth-order valence-electron chi connectivity index (χ4n) is 2.56. The molecule has 2 rings (SSSR count). The second-order valence-electron chi connectivity index (χ2n) is 5.63. The van der Waals surface area contributed by atoms with Gasteiger partial charge in [0.1, 0.15) is 0 Å². The lowest BCUT2D eigenvalue weighted by molar-refractivity contribution is -0.137. The minimum Gasteiger partial charge on any atom is -0.387 e. The van der Waals surface area contributed by atoms with Crippen LogP contribution in [0.15, 0.2) is 24.3 Å². The number of rotatable bonds is 5. The lowest BCUT2D eigenvalue weighted by Crippen LogP contribution is -2.52. The molecule has 0 bridgehead atoms. The molecule has 1 fully saturated rings. The second kappa shape index (κ2) is 6.77. The van der Waals surface area contributed by atoms with Crippen molar-refractivity contribution in [3.63, 3.8) is 0 Å². The van der Waals surface area contributed by atoms with Gasteiger partial charge >= 0.3 is 6.18 Å². The van der Waals surface area contributed by atoms with Crippen LogP contribution in [0.4, 0.5) is 13.2 Å².